The second-order valence-corrected chi connectivity index (χ2v) is 6.05. The number of unbranched alkanes of at least 4 members (excludes halogenated alkanes) is 2. The molecule has 0 aliphatic heterocycles. The monoisotopic (exact) mass is 286 g/mol. The van der Waals surface area contributed by atoms with Crippen molar-refractivity contribution in [3.63, 3.8) is 0 Å². The molecule has 2 aliphatic rings. The van der Waals surface area contributed by atoms with Gasteiger partial charge in [-0.3, -0.25) is 0 Å². The summed E-state index contributed by atoms with van der Waals surface area (Å²) in [4.78, 5) is 0. The van der Waals surface area contributed by atoms with Crippen molar-refractivity contribution in [1.29, 1.82) is 0 Å². The fourth-order valence-corrected chi connectivity index (χ4v) is 2.90. The highest BCUT2D eigenvalue weighted by Crippen LogP contribution is 2.18. The van der Waals surface area contributed by atoms with Crippen LogP contribution in [0.4, 0.5) is 0 Å². The maximum absolute atomic E-state index is 5.73. The molecule has 0 saturated carbocycles. The minimum Gasteiger partial charge on any atom is -0.381 e. The van der Waals surface area contributed by atoms with Gasteiger partial charge in [-0.05, 0) is 64.2 Å². The topological polar surface area (TPSA) is 9.23 Å². The molecule has 0 heterocycles. The number of allylic oxidation sites excluding steroid dienone is 8. The van der Waals surface area contributed by atoms with Gasteiger partial charge in [-0.2, -0.15) is 0 Å². The molecule has 0 spiro atoms. The molecule has 21 heavy (non-hydrogen) atoms. The van der Waals surface area contributed by atoms with E-state index in [0.29, 0.717) is 0 Å². The smallest absolute Gasteiger partial charge is 0.0468 e. The van der Waals surface area contributed by atoms with E-state index in [1.165, 1.54) is 64.2 Å². The van der Waals surface area contributed by atoms with Crippen LogP contribution in [0.15, 0.2) is 47.6 Å². The average molecular weight is 286 g/mol. The molecule has 0 fully saturated rings. The molecule has 116 valence electrons. The first-order valence-electron chi connectivity index (χ1n) is 8.69. The molecule has 0 atom stereocenters. The van der Waals surface area contributed by atoms with E-state index in [9.17, 15) is 0 Å². The number of hydrogen-bond acceptors (Lipinski definition) is 1. The van der Waals surface area contributed by atoms with E-state index in [1.54, 1.807) is 11.1 Å². The lowest BCUT2D eigenvalue weighted by atomic mass is 10.00. The summed E-state index contributed by atoms with van der Waals surface area (Å²) < 4.78 is 5.73. The molecular formula is C20H30O. The summed E-state index contributed by atoms with van der Waals surface area (Å²) in [6, 6.07) is 0. The maximum atomic E-state index is 5.73. The third-order valence-electron chi connectivity index (χ3n) is 4.21. The van der Waals surface area contributed by atoms with Gasteiger partial charge in [0.25, 0.3) is 0 Å². The van der Waals surface area contributed by atoms with E-state index >= 15 is 0 Å². The van der Waals surface area contributed by atoms with Gasteiger partial charge >= 0.3 is 0 Å². The Kier molecular flexibility index (Phi) is 8.24. The Bertz CT molecular complexity index is 360. The third kappa shape index (κ3) is 7.47. The van der Waals surface area contributed by atoms with Crippen molar-refractivity contribution in [1.82, 2.24) is 0 Å². The minimum absolute atomic E-state index is 0.916. The average Bonchev–Trinajstić information content (AvgIpc) is 2.55. The van der Waals surface area contributed by atoms with Gasteiger partial charge in [0.15, 0.2) is 0 Å². The molecule has 2 rings (SSSR count). The largest absolute Gasteiger partial charge is 0.381 e. The molecule has 0 N–H and O–H groups in total. The van der Waals surface area contributed by atoms with Crippen LogP contribution in [0.1, 0.15) is 64.2 Å². The molecule has 0 amide bonds. The molecule has 2 aliphatic carbocycles. The molecule has 0 aromatic carbocycles. The van der Waals surface area contributed by atoms with Crippen molar-refractivity contribution < 1.29 is 4.74 Å². The fourth-order valence-electron chi connectivity index (χ4n) is 2.90. The Morgan fingerprint density at radius 3 is 1.71 bits per heavy atom. The normalized spacial score (nSPS) is 22.3. The number of ether oxygens (including phenoxy) is 1. The predicted molar refractivity (Wildman–Crippen MR) is 91.4 cm³/mol. The van der Waals surface area contributed by atoms with E-state index in [2.05, 4.69) is 36.5 Å². The quantitative estimate of drug-likeness (QED) is 0.399. The number of hydrogen-bond donors (Lipinski definition) is 0. The Morgan fingerprint density at radius 1 is 0.762 bits per heavy atom. The Balaban J connectivity index is 1.41. The zero-order valence-corrected chi connectivity index (χ0v) is 13.4. The highest BCUT2D eigenvalue weighted by molar-refractivity contribution is 5.13. The molecular weight excluding hydrogens is 256 g/mol. The van der Waals surface area contributed by atoms with Crippen LogP contribution in [-0.4, -0.2) is 13.2 Å². The Morgan fingerprint density at radius 2 is 1.29 bits per heavy atom. The highest BCUT2D eigenvalue weighted by atomic mass is 16.5. The lowest BCUT2D eigenvalue weighted by molar-refractivity contribution is 0.130. The molecule has 0 unspecified atom stereocenters. The summed E-state index contributed by atoms with van der Waals surface area (Å²) >= 11 is 0. The molecule has 0 bridgehead atoms. The maximum Gasteiger partial charge on any atom is 0.0468 e. The Hall–Kier alpha value is -1.08. The van der Waals surface area contributed by atoms with Crippen molar-refractivity contribution in [2.75, 3.05) is 13.2 Å². The van der Waals surface area contributed by atoms with Crippen molar-refractivity contribution in [2.45, 2.75) is 64.2 Å². The molecule has 0 radical (unpaired) electrons. The van der Waals surface area contributed by atoms with Gasteiger partial charge in [0.2, 0.25) is 0 Å². The summed E-state index contributed by atoms with van der Waals surface area (Å²) in [5.74, 6) is 0. The summed E-state index contributed by atoms with van der Waals surface area (Å²) in [5.41, 5.74) is 3.23. The zero-order valence-electron chi connectivity index (χ0n) is 13.4. The molecule has 1 heteroatoms. The minimum atomic E-state index is 0.916. The molecule has 0 saturated heterocycles. The van der Waals surface area contributed by atoms with Gasteiger partial charge in [-0.1, -0.05) is 47.6 Å². The third-order valence-corrected chi connectivity index (χ3v) is 4.21. The first-order chi connectivity index (χ1) is 10.4. The van der Waals surface area contributed by atoms with Crippen LogP contribution >= 0.6 is 0 Å². The lowest BCUT2D eigenvalue weighted by Crippen LogP contribution is -1.97. The van der Waals surface area contributed by atoms with Crippen LogP contribution in [0, 0.1) is 0 Å². The van der Waals surface area contributed by atoms with Crippen molar-refractivity contribution in [3.8, 4) is 0 Å². The van der Waals surface area contributed by atoms with E-state index in [0.717, 1.165) is 13.2 Å². The van der Waals surface area contributed by atoms with Crippen LogP contribution in [-0.2, 0) is 4.74 Å². The molecule has 0 aromatic rings. The summed E-state index contributed by atoms with van der Waals surface area (Å²) in [5, 5.41) is 0. The summed E-state index contributed by atoms with van der Waals surface area (Å²) in [7, 11) is 0. The summed E-state index contributed by atoms with van der Waals surface area (Å²) in [6.45, 7) is 1.83. The van der Waals surface area contributed by atoms with E-state index in [1.807, 2.05) is 0 Å². The Labute approximate surface area is 130 Å². The highest BCUT2D eigenvalue weighted by Gasteiger charge is 2.00. The predicted octanol–water partition coefficient (Wildman–Crippen LogP) is 5.90. The second kappa shape index (κ2) is 10.6. The van der Waals surface area contributed by atoms with Crippen LogP contribution in [0.3, 0.4) is 0 Å². The van der Waals surface area contributed by atoms with Crippen LogP contribution < -0.4 is 0 Å². The fraction of sp³-hybridized carbons (Fsp3) is 0.600. The SMILES string of the molecule is C1=CCC(=CCCCOCCCC=C2CC=CCC2)CC1. The standard InChI is InChI=1S/C20H30O/c1-3-11-19(12-4-1)15-7-9-17-21-18-10-8-16-20-13-5-2-6-14-20/h1-3,5,15-16H,4,6-14,17-18H2. The van der Waals surface area contributed by atoms with Crippen LogP contribution in [0.5, 0.6) is 0 Å². The van der Waals surface area contributed by atoms with Gasteiger partial charge in [0.05, 0.1) is 0 Å². The van der Waals surface area contributed by atoms with Crippen molar-refractivity contribution in [2.24, 2.45) is 0 Å². The number of rotatable bonds is 8. The van der Waals surface area contributed by atoms with Crippen LogP contribution in [0.25, 0.3) is 0 Å². The first kappa shape index (κ1) is 16.3. The molecule has 0 aromatic heterocycles. The van der Waals surface area contributed by atoms with Crippen molar-refractivity contribution in [3.05, 3.63) is 47.6 Å². The zero-order chi connectivity index (χ0) is 14.6. The van der Waals surface area contributed by atoms with Gasteiger partial charge in [0.1, 0.15) is 0 Å². The van der Waals surface area contributed by atoms with Gasteiger partial charge in [-0.15, -0.1) is 0 Å². The van der Waals surface area contributed by atoms with Crippen LogP contribution in [0.2, 0.25) is 0 Å². The second-order valence-electron chi connectivity index (χ2n) is 6.05. The first-order valence-corrected chi connectivity index (χ1v) is 8.69. The van der Waals surface area contributed by atoms with Gasteiger partial charge < -0.3 is 4.74 Å². The van der Waals surface area contributed by atoms with Gasteiger partial charge in [0, 0.05) is 13.2 Å². The van der Waals surface area contributed by atoms with E-state index in [-0.39, 0.29) is 0 Å². The van der Waals surface area contributed by atoms with E-state index < -0.39 is 0 Å². The van der Waals surface area contributed by atoms with E-state index in [4.69, 9.17) is 4.74 Å². The van der Waals surface area contributed by atoms with Gasteiger partial charge in [-0.25, -0.2) is 0 Å². The molecule has 1 nitrogen and oxygen atoms in total. The summed E-state index contributed by atoms with van der Waals surface area (Å²) in [6.07, 6.45) is 26.0. The van der Waals surface area contributed by atoms with Crippen molar-refractivity contribution >= 4 is 0 Å². The lowest BCUT2D eigenvalue weighted by Gasteiger charge is -2.09.